The molecule has 98 valence electrons. The van der Waals surface area contributed by atoms with Crippen molar-refractivity contribution in [2.45, 2.75) is 13.0 Å². The van der Waals surface area contributed by atoms with E-state index in [0.717, 1.165) is 13.1 Å². The first-order chi connectivity index (χ1) is 7.66. The number of hydrogen-bond acceptors (Lipinski definition) is 5. The molecule has 0 bridgehead atoms. The Kier molecular flexibility index (Phi) is 11.1. The molecule has 0 saturated heterocycles. The van der Waals surface area contributed by atoms with E-state index in [1.54, 1.807) is 0 Å². The van der Waals surface area contributed by atoms with Crippen LogP contribution in [0.3, 0.4) is 0 Å². The zero-order valence-corrected chi connectivity index (χ0v) is 10.7. The van der Waals surface area contributed by atoms with Gasteiger partial charge in [0.2, 0.25) is 0 Å². The van der Waals surface area contributed by atoms with Gasteiger partial charge in [-0.25, -0.2) is 0 Å². The summed E-state index contributed by atoms with van der Waals surface area (Å²) >= 11 is 0. The normalized spacial score (nSPS) is 13.3. The van der Waals surface area contributed by atoms with Crippen LogP contribution in [0.15, 0.2) is 0 Å². The number of nitrogens with one attached hydrogen (secondary N) is 1. The van der Waals surface area contributed by atoms with E-state index in [4.69, 9.17) is 9.47 Å². The summed E-state index contributed by atoms with van der Waals surface area (Å²) < 4.78 is 10.4. The first-order valence-corrected chi connectivity index (χ1v) is 5.85. The second kappa shape index (κ2) is 11.3. The Morgan fingerprint density at radius 2 is 1.94 bits per heavy atom. The van der Waals surface area contributed by atoms with Crippen molar-refractivity contribution in [3.63, 3.8) is 0 Å². The monoisotopic (exact) mass is 234 g/mol. The van der Waals surface area contributed by atoms with Crippen molar-refractivity contribution in [1.82, 2.24) is 10.2 Å². The highest BCUT2D eigenvalue weighted by atomic mass is 16.5. The zero-order valence-electron chi connectivity index (χ0n) is 10.7. The lowest BCUT2D eigenvalue weighted by Crippen LogP contribution is -2.34. The summed E-state index contributed by atoms with van der Waals surface area (Å²) in [6.45, 7) is 6.58. The lowest BCUT2D eigenvalue weighted by atomic mass is 10.4. The third-order valence-corrected chi connectivity index (χ3v) is 2.00. The molecule has 1 unspecified atom stereocenters. The summed E-state index contributed by atoms with van der Waals surface area (Å²) in [5.74, 6) is 0. The minimum absolute atomic E-state index is 0.363. The highest BCUT2D eigenvalue weighted by Crippen LogP contribution is 1.85. The molecule has 0 amide bonds. The smallest absolute Gasteiger partial charge is 0.0897 e. The maximum absolute atomic E-state index is 9.53. The Morgan fingerprint density at radius 1 is 1.25 bits per heavy atom. The molecule has 0 aromatic heterocycles. The third kappa shape index (κ3) is 11.9. The van der Waals surface area contributed by atoms with E-state index in [9.17, 15) is 5.11 Å². The molecule has 0 aliphatic rings. The highest BCUT2D eigenvalue weighted by Gasteiger charge is 2.03. The number of aliphatic hydroxyl groups is 1. The molecule has 0 aromatic rings. The van der Waals surface area contributed by atoms with Crippen LogP contribution >= 0.6 is 0 Å². The van der Waals surface area contributed by atoms with E-state index in [1.165, 1.54) is 0 Å². The van der Waals surface area contributed by atoms with Crippen LogP contribution < -0.4 is 5.32 Å². The second-order valence-corrected chi connectivity index (χ2v) is 3.93. The lowest BCUT2D eigenvalue weighted by molar-refractivity contribution is 0.00649. The van der Waals surface area contributed by atoms with Crippen LogP contribution in [-0.4, -0.2) is 76.3 Å². The fraction of sp³-hybridized carbons (Fsp3) is 1.00. The van der Waals surface area contributed by atoms with Crippen molar-refractivity contribution in [1.29, 1.82) is 0 Å². The number of nitrogens with zero attached hydrogens (tertiary/aromatic N) is 1. The summed E-state index contributed by atoms with van der Waals surface area (Å²) in [5, 5.41) is 12.7. The first kappa shape index (κ1) is 15.8. The van der Waals surface area contributed by atoms with Gasteiger partial charge in [-0.05, 0) is 21.0 Å². The molecular formula is C11H26N2O3. The van der Waals surface area contributed by atoms with Crippen LogP contribution in [0.25, 0.3) is 0 Å². The fourth-order valence-corrected chi connectivity index (χ4v) is 1.11. The van der Waals surface area contributed by atoms with Gasteiger partial charge in [0.25, 0.3) is 0 Å². The minimum atomic E-state index is -0.441. The van der Waals surface area contributed by atoms with Crippen molar-refractivity contribution in [3.05, 3.63) is 0 Å². The van der Waals surface area contributed by atoms with Gasteiger partial charge in [0, 0.05) is 26.2 Å². The Bertz CT molecular complexity index is 145. The van der Waals surface area contributed by atoms with Gasteiger partial charge in [0.15, 0.2) is 0 Å². The van der Waals surface area contributed by atoms with Crippen molar-refractivity contribution < 1.29 is 14.6 Å². The maximum Gasteiger partial charge on any atom is 0.0897 e. The Morgan fingerprint density at radius 3 is 2.56 bits per heavy atom. The third-order valence-electron chi connectivity index (χ3n) is 2.00. The molecule has 0 aromatic carbocycles. The van der Waals surface area contributed by atoms with Crippen LogP contribution in [-0.2, 0) is 9.47 Å². The first-order valence-electron chi connectivity index (χ1n) is 5.85. The van der Waals surface area contributed by atoms with Gasteiger partial charge in [0.1, 0.15) is 0 Å². The van der Waals surface area contributed by atoms with Crippen LogP contribution in [0.1, 0.15) is 6.92 Å². The molecule has 0 saturated carbocycles. The number of ether oxygens (including phenoxy) is 2. The van der Waals surface area contributed by atoms with E-state index >= 15 is 0 Å². The van der Waals surface area contributed by atoms with Gasteiger partial charge in [-0.15, -0.1) is 0 Å². The predicted molar refractivity (Wildman–Crippen MR) is 64.7 cm³/mol. The van der Waals surface area contributed by atoms with Gasteiger partial charge < -0.3 is 24.8 Å². The lowest BCUT2D eigenvalue weighted by Gasteiger charge is -2.14. The van der Waals surface area contributed by atoms with E-state index in [0.29, 0.717) is 33.0 Å². The maximum atomic E-state index is 9.53. The van der Waals surface area contributed by atoms with E-state index < -0.39 is 6.10 Å². The van der Waals surface area contributed by atoms with Crippen LogP contribution in [0.2, 0.25) is 0 Å². The predicted octanol–water partition coefficient (Wildman–Crippen LogP) is -0.448. The second-order valence-electron chi connectivity index (χ2n) is 3.93. The average molecular weight is 234 g/mol. The average Bonchev–Trinajstić information content (AvgIpc) is 2.24. The quantitative estimate of drug-likeness (QED) is 0.474. The van der Waals surface area contributed by atoms with Gasteiger partial charge in [-0.1, -0.05) is 0 Å². The van der Waals surface area contributed by atoms with Crippen molar-refractivity contribution in [3.8, 4) is 0 Å². The number of aliphatic hydroxyl groups excluding tert-OH is 1. The van der Waals surface area contributed by atoms with Gasteiger partial charge >= 0.3 is 0 Å². The molecule has 0 spiro atoms. The van der Waals surface area contributed by atoms with E-state index in [-0.39, 0.29) is 0 Å². The fourth-order valence-electron chi connectivity index (χ4n) is 1.11. The molecule has 5 nitrogen and oxygen atoms in total. The molecular weight excluding hydrogens is 208 g/mol. The SMILES string of the molecule is CCOCCOCC(O)CNCCN(C)C. The Labute approximate surface area is 98.7 Å². The molecule has 0 heterocycles. The van der Waals surface area contributed by atoms with Gasteiger partial charge in [0.05, 0.1) is 25.9 Å². The highest BCUT2D eigenvalue weighted by molar-refractivity contribution is 4.59. The Balaban J connectivity index is 3.15. The zero-order chi connectivity index (χ0) is 12.2. The van der Waals surface area contributed by atoms with Crippen LogP contribution in [0.4, 0.5) is 0 Å². The van der Waals surface area contributed by atoms with Crippen molar-refractivity contribution in [2.75, 3.05) is 60.2 Å². The molecule has 0 radical (unpaired) electrons. The minimum Gasteiger partial charge on any atom is -0.389 e. The molecule has 0 rings (SSSR count). The summed E-state index contributed by atoms with van der Waals surface area (Å²) in [7, 11) is 4.05. The molecule has 16 heavy (non-hydrogen) atoms. The molecule has 5 heteroatoms. The van der Waals surface area contributed by atoms with Crippen molar-refractivity contribution >= 4 is 0 Å². The van der Waals surface area contributed by atoms with E-state index in [2.05, 4.69) is 10.2 Å². The molecule has 0 fully saturated rings. The Hall–Kier alpha value is -0.200. The van der Waals surface area contributed by atoms with Crippen LogP contribution in [0.5, 0.6) is 0 Å². The molecule has 2 N–H and O–H groups in total. The topological polar surface area (TPSA) is 54.0 Å². The van der Waals surface area contributed by atoms with Gasteiger partial charge in [-0.3, -0.25) is 0 Å². The number of hydrogen-bond donors (Lipinski definition) is 2. The summed E-state index contributed by atoms with van der Waals surface area (Å²) in [5.41, 5.74) is 0. The standard InChI is InChI=1S/C11H26N2O3/c1-4-15-7-8-16-10-11(14)9-12-5-6-13(2)3/h11-12,14H,4-10H2,1-3H3. The van der Waals surface area contributed by atoms with Crippen molar-refractivity contribution in [2.24, 2.45) is 0 Å². The largest absolute Gasteiger partial charge is 0.389 e. The number of rotatable bonds is 11. The summed E-state index contributed by atoms with van der Waals surface area (Å²) in [6.07, 6.45) is -0.441. The molecule has 0 aliphatic carbocycles. The summed E-state index contributed by atoms with van der Waals surface area (Å²) in [4.78, 5) is 2.10. The number of likely N-dealkylation sites (N-methyl/N-ethyl adjacent to an activating group) is 1. The van der Waals surface area contributed by atoms with E-state index in [1.807, 2.05) is 21.0 Å². The molecule has 0 aliphatic heterocycles. The summed E-state index contributed by atoms with van der Waals surface area (Å²) in [6, 6.07) is 0. The molecule has 1 atom stereocenters. The van der Waals surface area contributed by atoms with Gasteiger partial charge in [-0.2, -0.15) is 0 Å². The van der Waals surface area contributed by atoms with Crippen LogP contribution in [0, 0.1) is 0 Å².